The highest BCUT2D eigenvalue weighted by molar-refractivity contribution is 7.22. The molecule has 0 spiro atoms. The fourth-order valence-corrected chi connectivity index (χ4v) is 4.49. The molecule has 0 unspecified atom stereocenters. The van der Waals surface area contributed by atoms with E-state index in [4.69, 9.17) is 11.6 Å². The highest BCUT2D eigenvalue weighted by atomic mass is 35.5. The van der Waals surface area contributed by atoms with E-state index in [0.29, 0.717) is 21.5 Å². The smallest absolute Gasteiger partial charge is 0.266 e. The predicted octanol–water partition coefficient (Wildman–Crippen LogP) is 5.69. The molecule has 0 saturated carbocycles. The average Bonchev–Trinajstić information content (AvgIpc) is 3.34. The van der Waals surface area contributed by atoms with Crippen LogP contribution in [-0.2, 0) is 4.79 Å². The van der Waals surface area contributed by atoms with Gasteiger partial charge in [0.05, 0.1) is 15.1 Å². The fraction of sp³-hybridized carbons (Fsp3) is 0. The van der Waals surface area contributed by atoms with Gasteiger partial charge in [-0.05, 0) is 29.8 Å². The highest BCUT2D eigenvalue weighted by Gasteiger charge is 2.34. The molecule has 1 aliphatic heterocycles. The van der Waals surface area contributed by atoms with E-state index in [9.17, 15) is 14.9 Å². The van der Waals surface area contributed by atoms with Crippen molar-refractivity contribution in [1.82, 2.24) is 4.98 Å². The number of nitrogens with zero attached hydrogens (tertiary/aromatic N) is 4. The van der Waals surface area contributed by atoms with Crippen molar-refractivity contribution in [2.45, 2.75) is 0 Å². The molecule has 0 radical (unpaired) electrons. The van der Waals surface area contributed by atoms with Crippen molar-refractivity contribution in [3.63, 3.8) is 0 Å². The first-order valence-corrected chi connectivity index (χ1v) is 10.7. The number of carbonyl (C=O) groups excluding carboxylic acids is 1. The summed E-state index contributed by atoms with van der Waals surface area (Å²) < 4.78 is 0.734. The third-order valence-corrected chi connectivity index (χ3v) is 6.06. The molecule has 0 bridgehead atoms. The van der Waals surface area contributed by atoms with E-state index < -0.39 is 4.92 Å². The lowest BCUT2D eigenvalue weighted by molar-refractivity contribution is -0.384. The summed E-state index contributed by atoms with van der Waals surface area (Å²) in [6.07, 6.45) is 1.68. The number of amidine groups is 1. The monoisotopic (exact) mass is 460 g/mol. The molecule has 7 nitrogen and oxygen atoms in total. The summed E-state index contributed by atoms with van der Waals surface area (Å²) in [6.45, 7) is 0. The van der Waals surface area contributed by atoms with E-state index >= 15 is 0 Å². The molecule has 2 heterocycles. The standard InChI is InChI=1S/C23H13ClN4O3S/c24-16-8-4-5-14(11-16)12-19-22(29)27(21(25-19)15-6-2-1-3-7-15)23-26-18-13-17(28(30)31)9-10-20(18)32-23/h1-13H/b19-12+. The number of hydrogen-bond donors (Lipinski definition) is 0. The Morgan fingerprint density at radius 1 is 1.03 bits per heavy atom. The lowest BCUT2D eigenvalue weighted by Crippen LogP contribution is -2.32. The van der Waals surface area contributed by atoms with Gasteiger partial charge in [0.15, 0.2) is 5.13 Å². The number of benzene rings is 3. The summed E-state index contributed by atoms with van der Waals surface area (Å²) in [6, 6.07) is 20.9. The third kappa shape index (κ3) is 3.66. The van der Waals surface area contributed by atoms with Gasteiger partial charge in [0.2, 0.25) is 0 Å². The van der Waals surface area contributed by atoms with Crippen LogP contribution in [0.25, 0.3) is 16.3 Å². The van der Waals surface area contributed by atoms with Gasteiger partial charge in [-0.3, -0.25) is 14.9 Å². The van der Waals surface area contributed by atoms with Gasteiger partial charge < -0.3 is 0 Å². The normalized spacial score (nSPS) is 14.9. The van der Waals surface area contributed by atoms with Crippen molar-refractivity contribution in [2.24, 2.45) is 4.99 Å². The molecule has 4 aromatic rings. The van der Waals surface area contributed by atoms with Crippen molar-refractivity contribution in [2.75, 3.05) is 4.90 Å². The molecule has 32 heavy (non-hydrogen) atoms. The van der Waals surface area contributed by atoms with Crippen LogP contribution in [0, 0.1) is 10.1 Å². The molecule has 0 fully saturated rings. The van der Waals surface area contributed by atoms with Crippen LogP contribution in [0.2, 0.25) is 5.02 Å². The number of aromatic nitrogens is 1. The Balaban J connectivity index is 1.63. The summed E-state index contributed by atoms with van der Waals surface area (Å²) in [7, 11) is 0. The van der Waals surface area contributed by atoms with Crippen LogP contribution >= 0.6 is 22.9 Å². The van der Waals surface area contributed by atoms with Crippen LogP contribution in [0.4, 0.5) is 10.8 Å². The minimum atomic E-state index is -0.470. The number of nitro benzene ring substituents is 1. The van der Waals surface area contributed by atoms with Crippen molar-refractivity contribution in [3.05, 3.63) is 105 Å². The van der Waals surface area contributed by atoms with Gasteiger partial charge >= 0.3 is 0 Å². The number of rotatable bonds is 4. The Morgan fingerprint density at radius 2 is 1.84 bits per heavy atom. The van der Waals surface area contributed by atoms with Crippen LogP contribution in [0.3, 0.4) is 0 Å². The summed E-state index contributed by atoms with van der Waals surface area (Å²) in [4.78, 5) is 34.6. The Kier molecular flexibility index (Phi) is 5.01. The van der Waals surface area contributed by atoms with Gasteiger partial charge in [-0.1, -0.05) is 65.4 Å². The molecule has 5 rings (SSSR count). The van der Waals surface area contributed by atoms with Gasteiger partial charge in [0.25, 0.3) is 11.6 Å². The van der Waals surface area contributed by atoms with Crippen LogP contribution in [0.15, 0.2) is 83.5 Å². The summed E-state index contributed by atoms with van der Waals surface area (Å²) in [5.41, 5.74) is 2.14. The zero-order valence-electron chi connectivity index (χ0n) is 16.3. The van der Waals surface area contributed by atoms with Crippen LogP contribution in [-0.4, -0.2) is 21.7 Å². The predicted molar refractivity (Wildman–Crippen MR) is 126 cm³/mol. The van der Waals surface area contributed by atoms with Crippen LogP contribution in [0.1, 0.15) is 11.1 Å². The number of hydrogen-bond acceptors (Lipinski definition) is 6. The van der Waals surface area contributed by atoms with Crippen molar-refractivity contribution < 1.29 is 9.72 Å². The fourth-order valence-electron chi connectivity index (χ4n) is 3.34. The zero-order valence-corrected chi connectivity index (χ0v) is 17.9. The van der Waals surface area contributed by atoms with E-state index in [2.05, 4.69) is 9.98 Å². The van der Waals surface area contributed by atoms with Crippen molar-refractivity contribution in [1.29, 1.82) is 0 Å². The summed E-state index contributed by atoms with van der Waals surface area (Å²) in [5.74, 6) is 0.106. The number of fused-ring (bicyclic) bond motifs is 1. The average molecular weight is 461 g/mol. The molecule has 9 heteroatoms. The van der Waals surface area contributed by atoms with E-state index in [1.807, 2.05) is 36.4 Å². The maximum absolute atomic E-state index is 13.4. The van der Waals surface area contributed by atoms with E-state index in [1.54, 1.807) is 30.3 Å². The Labute approximate surface area is 191 Å². The Bertz CT molecular complexity index is 1450. The van der Waals surface area contributed by atoms with Crippen molar-refractivity contribution >= 4 is 61.8 Å². The highest BCUT2D eigenvalue weighted by Crippen LogP contribution is 2.35. The number of aliphatic imine (C=N–C) groups is 1. The number of thiazole rings is 1. The first-order valence-electron chi connectivity index (χ1n) is 9.50. The van der Waals surface area contributed by atoms with Gasteiger partial charge in [0.1, 0.15) is 11.5 Å². The zero-order chi connectivity index (χ0) is 22.2. The largest absolute Gasteiger partial charge is 0.284 e. The quantitative estimate of drug-likeness (QED) is 0.222. The molecule has 0 N–H and O–H groups in total. The maximum atomic E-state index is 13.4. The summed E-state index contributed by atoms with van der Waals surface area (Å²) >= 11 is 7.35. The number of amides is 1. The number of non-ortho nitro benzene ring substituents is 1. The van der Waals surface area contributed by atoms with Crippen LogP contribution in [0.5, 0.6) is 0 Å². The van der Waals surface area contributed by atoms with Crippen molar-refractivity contribution in [3.8, 4) is 0 Å². The molecular weight excluding hydrogens is 448 g/mol. The lowest BCUT2D eigenvalue weighted by atomic mass is 10.2. The van der Waals surface area contributed by atoms with Crippen LogP contribution < -0.4 is 4.90 Å². The molecule has 0 atom stereocenters. The molecule has 0 aliphatic carbocycles. The minimum absolute atomic E-state index is 0.0550. The molecular formula is C23H13ClN4O3S. The third-order valence-electron chi connectivity index (χ3n) is 4.81. The van der Waals surface area contributed by atoms with E-state index in [0.717, 1.165) is 15.8 Å². The molecule has 1 aromatic heterocycles. The molecule has 156 valence electrons. The first kappa shape index (κ1) is 20.0. The SMILES string of the molecule is O=C1/C(=C\c2cccc(Cl)c2)N=C(c2ccccc2)N1c1nc2cc([N+](=O)[O-])ccc2s1. The molecule has 0 saturated heterocycles. The van der Waals surface area contributed by atoms with E-state index in [1.165, 1.54) is 28.4 Å². The van der Waals surface area contributed by atoms with Gasteiger partial charge in [-0.25, -0.2) is 14.9 Å². The topological polar surface area (TPSA) is 88.7 Å². The van der Waals surface area contributed by atoms with Gasteiger partial charge in [-0.15, -0.1) is 0 Å². The molecule has 3 aromatic carbocycles. The first-order chi connectivity index (χ1) is 15.5. The Hall–Kier alpha value is -3.88. The number of halogens is 1. The maximum Gasteiger partial charge on any atom is 0.284 e. The minimum Gasteiger partial charge on any atom is -0.266 e. The summed E-state index contributed by atoms with van der Waals surface area (Å²) in [5, 5.41) is 12.1. The van der Waals surface area contributed by atoms with Gasteiger partial charge in [-0.2, -0.15) is 0 Å². The Morgan fingerprint density at radius 3 is 2.59 bits per heavy atom. The van der Waals surface area contributed by atoms with E-state index in [-0.39, 0.29) is 17.3 Å². The second kappa shape index (κ2) is 7.99. The molecule has 1 aliphatic rings. The second-order valence-corrected chi connectivity index (χ2v) is 8.38. The number of carbonyl (C=O) groups is 1. The second-order valence-electron chi connectivity index (χ2n) is 6.93. The number of nitro groups is 1. The van der Waals surface area contributed by atoms with Gasteiger partial charge in [0, 0.05) is 22.7 Å². The molecule has 1 amide bonds. The number of anilines is 1. The lowest BCUT2D eigenvalue weighted by Gasteiger charge is -2.14.